The van der Waals surface area contributed by atoms with Crippen LogP contribution in [0.5, 0.6) is 11.5 Å². The lowest BCUT2D eigenvalue weighted by molar-refractivity contribution is 0.389. The van der Waals surface area contributed by atoms with Gasteiger partial charge >= 0.3 is 0 Å². The molecule has 0 bridgehead atoms. The average Bonchev–Trinajstić information content (AvgIpc) is 3.28. The summed E-state index contributed by atoms with van der Waals surface area (Å²) < 4.78 is 13.9. The van der Waals surface area contributed by atoms with Crippen molar-refractivity contribution in [3.63, 3.8) is 0 Å². The van der Waals surface area contributed by atoms with Crippen molar-refractivity contribution in [2.24, 2.45) is 0 Å². The molecule has 1 unspecified atom stereocenters. The van der Waals surface area contributed by atoms with E-state index in [1.54, 1.807) is 14.2 Å². The van der Waals surface area contributed by atoms with Gasteiger partial charge in [-0.2, -0.15) is 0 Å². The van der Waals surface area contributed by atoms with Crippen molar-refractivity contribution in [2.75, 3.05) is 14.2 Å². The number of aromatic nitrogens is 1. The van der Waals surface area contributed by atoms with Crippen LogP contribution in [0.3, 0.4) is 0 Å². The summed E-state index contributed by atoms with van der Waals surface area (Å²) in [4.78, 5) is 0. The van der Waals surface area contributed by atoms with Crippen LogP contribution in [0.4, 0.5) is 0 Å². The van der Waals surface area contributed by atoms with Crippen molar-refractivity contribution < 1.29 is 9.47 Å². The van der Waals surface area contributed by atoms with Gasteiger partial charge in [-0.3, -0.25) is 0 Å². The number of hydrogen-bond acceptors (Lipinski definition) is 2. The van der Waals surface area contributed by atoms with E-state index in [9.17, 15) is 0 Å². The van der Waals surface area contributed by atoms with Gasteiger partial charge in [0.15, 0.2) is 0 Å². The molecule has 5 rings (SSSR count). The second kappa shape index (κ2) is 6.45. The topological polar surface area (TPSA) is 23.4 Å². The Kier molecular flexibility index (Phi) is 3.90. The van der Waals surface area contributed by atoms with Crippen LogP contribution in [-0.2, 0) is 6.42 Å². The van der Waals surface area contributed by atoms with Gasteiger partial charge < -0.3 is 14.0 Å². The number of hydrogen-bond donors (Lipinski definition) is 0. The molecule has 0 saturated heterocycles. The fourth-order valence-electron chi connectivity index (χ4n) is 4.61. The first kappa shape index (κ1) is 16.9. The van der Waals surface area contributed by atoms with Crippen molar-refractivity contribution in [1.82, 2.24) is 4.57 Å². The molecule has 0 aliphatic heterocycles. The molecule has 0 radical (unpaired) electrons. The van der Waals surface area contributed by atoms with Crippen LogP contribution in [0.25, 0.3) is 22.0 Å². The molecule has 0 fully saturated rings. The molecule has 0 spiro atoms. The molecule has 0 saturated carbocycles. The highest BCUT2D eigenvalue weighted by molar-refractivity contribution is 5.86. The van der Waals surface area contributed by atoms with E-state index in [0.717, 1.165) is 17.9 Å². The fraction of sp³-hybridized carbons (Fsp3) is 0.200. The highest BCUT2D eigenvalue weighted by Crippen LogP contribution is 2.52. The zero-order valence-electron chi connectivity index (χ0n) is 16.4. The molecule has 4 aromatic rings. The first-order valence-corrected chi connectivity index (χ1v) is 9.70. The number of nitrogens with zero attached hydrogens (tertiary/aromatic N) is 1. The van der Waals surface area contributed by atoms with E-state index in [-0.39, 0.29) is 6.04 Å². The standard InChI is InChI=1S/C25H23NO2/c1-4-17-13-16-9-5-8-12-22(16)26(17)25-20-11-7-6-10-19(20)21-14-18(27-2)15-23(28-3)24(21)25/h5-15,25H,4H2,1-3H3. The van der Waals surface area contributed by atoms with Gasteiger partial charge in [0.05, 0.1) is 20.3 Å². The normalized spacial score (nSPS) is 14.8. The third-order valence-corrected chi connectivity index (χ3v) is 5.84. The number of rotatable bonds is 4. The molecule has 3 aromatic carbocycles. The van der Waals surface area contributed by atoms with E-state index in [4.69, 9.17) is 9.47 Å². The molecule has 3 nitrogen and oxygen atoms in total. The van der Waals surface area contributed by atoms with Gasteiger partial charge in [0, 0.05) is 22.8 Å². The molecule has 1 aliphatic carbocycles. The van der Waals surface area contributed by atoms with Crippen LogP contribution >= 0.6 is 0 Å². The van der Waals surface area contributed by atoms with Crippen LogP contribution < -0.4 is 9.47 Å². The van der Waals surface area contributed by atoms with Gasteiger partial charge in [-0.15, -0.1) is 0 Å². The zero-order chi connectivity index (χ0) is 19.3. The highest BCUT2D eigenvalue weighted by Gasteiger charge is 2.35. The van der Waals surface area contributed by atoms with Gasteiger partial charge in [0.1, 0.15) is 11.5 Å². The molecule has 140 valence electrons. The number of methoxy groups -OCH3 is 2. The first-order chi connectivity index (χ1) is 13.8. The van der Waals surface area contributed by atoms with Crippen LogP contribution in [0, 0.1) is 0 Å². The van der Waals surface area contributed by atoms with Crippen LogP contribution in [0.15, 0.2) is 66.7 Å². The molecule has 1 atom stereocenters. The lowest BCUT2D eigenvalue weighted by Gasteiger charge is -2.22. The molecule has 0 amide bonds. The Bertz CT molecular complexity index is 1190. The fourth-order valence-corrected chi connectivity index (χ4v) is 4.61. The molecule has 1 heterocycles. The van der Waals surface area contributed by atoms with E-state index in [0.29, 0.717) is 0 Å². The lowest BCUT2D eigenvalue weighted by Crippen LogP contribution is -2.13. The summed E-state index contributed by atoms with van der Waals surface area (Å²) >= 11 is 0. The van der Waals surface area contributed by atoms with Gasteiger partial charge in [0.2, 0.25) is 0 Å². The van der Waals surface area contributed by atoms with Crippen molar-refractivity contribution in [3.05, 3.63) is 83.6 Å². The van der Waals surface area contributed by atoms with Crippen LogP contribution in [-0.4, -0.2) is 18.8 Å². The number of benzene rings is 3. The summed E-state index contributed by atoms with van der Waals surface area (Å²) in [6, 6.07) is 23.8. The predicted molar refractivity (Wildman–Crippen MR) is 114 cm³/mol. The number of fused-ring (bicyclic) bond motifs is 4. The van der Waals surface area contributed by atoms with Crippen LogP contribution in [0.1, 0.15) is 29.8 Å². The first-order valence-electron chi connectivity index (χ1n) is 9.70. The Morgan fingerprint density at radius 3 is 2.43 bits per heavy atom. The van der Waals surface area contributed by atoms with E-state index in [1.165, 1.54) is 38.9 Å². The molecule has 3 heteroatoms. The van der Waals surface area contributed by atoms with E-state index < -0.39 is 0 Å². The van der Waals surface area contributed by atoms with Crippen molar-refractivity contribution >= 4 is 10.9 Å². The minimum atomic E-state index is 0.0851. The largest absolute Gasteiger partial charge is 0.497 e. The SMILES string of the molecule is CCc1cc2ccccc2n1C1c2ccccc2-c2cc(OC)cc(OC)c21. The monoisotopic (exact) mass is 369 g/mol. The second-order valence-electron chi connectivity index (χ2n) is 7.20. The van der Waals surface area contributed by atoms with Gasteiger partial charge in [0.25, 0.3) is 0 Å². The maximum absolute atomic E-state index is 5.85. The van der Waals surface area contributed by atoms with Crippen molar-refractivity contribution in [2.45, 2.75) is 19.4 Å². The third-order valence-electron chi connectivity index (χ3n) is 5.84. The smallest absolute Gasteiger partial charge is 0.128 e. The minimum absolute atomic E-state index is 0.0851. The summed E-state index contributed by atoms with van der Waals surface area (Å²) in [6.45, 7) is 2.22. The van der Waals surface area contributed by atoms with E-state index in [2.05, 4.69) is 72.2 Å². The molecule has 1 aromatic heterocycles. The Balaban J connectivity index is 1.88. The van der Waals surface area contributed by atoms with Crippen molar-refractivity contribution in [3.8, 4) is 22.6 Å². The summed E-state index contributed by atoms with van der Waals surface area (Å²) in [5, 5.41) is 1.28. The maximum Gasteiger partial charge on any atom is 0.128 e. The zero-order valence-corrected chi connectivity index (χ0v) is 16.4. The van der Waals surface area contributed by atoms with E-state index in [1.807, 2.05) is 6.07 Å². The molecule has 1 aliphatic rings. The van der Waals surface area contributed by atoms with Gasteiger partial charge in [-0.25, -0.2) is 0 Å². The summed E-state index contributed by atoms with van der Waals surface area (Å²) in [7, 11) is 3.44. The molecular formula is C25H23NO2. The van der Waals surface area contributed by atoms with E-state index >= 15 is 0 Å². The van der Waals surface area contributed by atoms with Gasteiger partial charge in [-0.1, -0.05) is 49.4 Å². The summed E-state index contributed by atoms with van der Waals surface area (Å²) in [6.07, 6.45) is 0.973. The highest BCUT2D eigenvalue weighted by atomic mass is 16.5. The summed E-state index contributed by atoms with van der Waals surface area (Å²) in [5.41, 5.74) is 7.54. The van der Waals surface area contributed by atoms with Crippen molar-refractivity contribution in [1.29, 1.82) is 0 Å². The van der Waals surface area contributed by atoms with Gasteiger partial charge in [-0.05, 0) is 46.7 Å². The molecule has 28 heavy (non-hydrogen) atoms. The average molecular weight is 369 g/mol. The Morgan fingerprint density at radius 2 is 1.64 bits per heavy atom. The minimum Gasteiger partial charge on any atom is -0.497 e. The Labute approximate surface area is 165 Å². The number of aryl methyl sites for hydroxylation is 1. The molecular weight excluding hydrogens is 346 g/mol. The summed E-state index contributed by atoms with van der Waals surface area (Å²) in [5.74, 6) is 1.69. The maximum atomic E-state index is 5.85. The molecule has 0 N–H and O–H groups in total. The predicted octanol–water partition coefficient (Wildman–Crippen LogP) is 5.84. The second-order valence-corrected chi connectivity index (χ2v) is 7.20. The Morgan fingerprint density at radius 1 is 0.857 bits per heavy atom. The van der Waals surface area contributed by atoms with Crippen LogP contribution in [0.2, 0.25) is 0 Å². The third kappa shape index (κ3) is 2.29. The number of ether oxygens (including phenoxy) is 2. The lowest BCUT2D eigenvalue weighted by atomic mass is 10.0. The quantitative estimate of drug-likeness (QED) is 0.397. The Hall–Kier alpha value is -3.20. The number of para-hydroxylation sites is 1.